The Bertz CT molecular complexity index is 405. The van der Waals surface area contributed by atoms with Crippen molar-refractivity contribution in [3.8, 4) is 0 Å². The van der Waals surface area contributed by atoms with Gasteiger partial charge in [-0.3, -0.25) is 0 Å². The van der Waals surface area contributed by atoms with Gasteiger partial charge in [-0.25, -0.2) is 4.39 Å². The summed E-state index contributed by atoms with van der Waals surface area (Å²) in [7, 11) is 4.03. The van der Waals surface area contributed by atoms with E-state index in [9.17, 15) is 4.39 Å². The maximum Gasteiger partial charge on any atom is 0.142 e. The smallest absolute Gasteiger partial charge is 0.142 e. The molecule has 0 aliphatic carbocycles. The lowest BCUT2D eigenvalue weighted by molar-refractivity contribution is 0.137. The van der Waals surface area contributed by atoms with Gasteiger partial charge in [0.25, 0.3) is 0 Å². The summed E-state index contributed by atoms with van der Waals surface area (Å²) in [5, 5.41) is 3.39. The maximum absolute atomic E-state index is 14.3. The number of benzene rings is 1. The van der Waals surface area contributed by atoms with Gasteiger partial charge in [-0.15, -0.1) is 0 Å². The molecule has 1 atom stereocenters. The lowest BCUT2D eigenvalue weighted by Gasteiger charge is -2.41. The fraction of sp³-hybridized carbons (Fsp3) is 0.571. The third-order valence-corrected chi connectivity index (χ3v) is 4.17. The monoisotopic (exact) mass is 316 g/mol. The molecule has 0 aliphatic rings. The standard InChI is InChI=1S/C14H22BrFN2/c1-6-17-13(14(2,3)18(4)5)10-8-7-9-11(15)12(10)16/h7-9,13,17H,6H2,1-5H3. The van der Waals surface area contributed by atoms with Crippen molar-refractivity contribution in [1.82, 2.24) is 10.2 Å². The molecule has 1 unspecified atom stereocenters. The van der Waals surface area contributed by atoms with Crippen LogP contribution in [0.3, 0.4) is 0 Å². The van der Waals surface area contributed by atoms with Crippen molar-refractivity contribution in [2.45, 2.75) is 32.4 Å². The van der Waals surface area contributed by atoms with E-state index in [1.54, 1.807) is 6.07 Å². The summed E-state index contributed by atoms with van der Waals surface area (Å²) in [5.41, 5.74) is 0.516. The highest BCUT2D eigenvalue weighted by Crippen LogP contribution is 2.33. The van der Waals surface area contributed by atoms with Crippen LogP contribution in [-0.4, -0.2) is 31.1 Å². The van der Waals surface area contributed by atoms with E-state index in [4.69, 9.17) is 0 Å². The normalized spacial score (nSPS) is 14.0. The van der Waals surface area contributed by atoms with E-state index in [0.717, 1.165) is 6.54 Å². The first kappa shape index (κ1) is 15.6. The quantitative estimate of drug-likeness (QED) is 0.893. The van der Waals surface area contributed by atoms with Crippen LogP contribution >= 0.6 is 15.9 Å². The van der Waals surface area contributed by atoms with E-state index in [-0.39, 0.29) is 17.4 Å². The van der Waals surface area contributed by atoms with Gasteiger partial charge in [0.15, 0.2) is 0 Å². The first-order valence-corrected chi connectivity index (χ1v) is 6.96. The number of rotatable bonds is 5. The lowest BCUT2D eigenvalue weighted by atomic mass is 9.87. The Kier molecular flexibility index (Phi) is 5.32. The van der Waals surface area contributed by atoms with Crippen LogP contribution < -0.4 is 5.32 Å². The molecular weight excluding hydrogens is 295 g/mol. The Morgan fingerprint density at radius 2 is 2.00 bits per heavy atom. The second-order valence-corrected chi connectivity index (χ2v) is 6.04. The molecule has 0 amide bonds. The number of nitrogens with zero attached hydrogens (tertiary/aromatic N) is 1. The molecule has 0 aliphatic heterocycles. The number of likely N-dealkylation sites (N-methyl/N-ethyl adjacent to an activating group) is 2. The average molecular weight is 317 g/mol. The summed E-state index contributed by atoms with van der Waals surface area (Å²) in [6, 6.07) is 5.39. The molecule has 102 valence electrons. The third kappa shape index (κ3) is 3.11. The minimum absolute atomic E-state index is 0.0602. The van der Waals surface area contributed by atoms with Gasteiger partial charge >= 0.3 is 0 Å². The van der Waals surface area contributed by atoms with E-state index in [0.29, 0.717) is 10.0 Å². The minimum atomic E-state index is -0.183. The summed E-state index contributed by atoms with van der Waals surface area (Å²) in [4.78, 5) is 2.11. The van der Waals surface area contributed by atoms with Gasteiger partial charge in [0.1, 0.15) is 5.82 Å². The predicted molar refractivity (Wildman–Crippen MR) is 78.3 cm³/mol. The van der Waals surface area contributed by atoms with Gasteiger partial charge in [-0.1, -0.05) is 19.1 Å². The highest BCUT2D eigenvalue weighted by atomic mass is 79.9. The van der Waals surface area contributed by atoms with Crippen LogP contribution in [0, 0.1) is 5.82 Å². The van der Waals surface area contributed by atoms with Crippen LogP contribution in [0.1, 0.15) is 32.4 Å². The molecule has 0 bridgehead atoms. The molecule has 0 saturated carbocycles. The predicted octanol–water partition coefficient (Wildman–Crippen LogP) is 3.58. The van der Waals surface area contributed by atoms with E-state index in [2.05, 4.69) is 40.0 Å². The summed E-state index contributed by atoms with van der Waals surface area (Å²) in [6.07, 6.45) is 0. The molecular formula is C14H22BrFN2. The van der Waals surface area contributed by atoms with Crippen molar-refractivity contribution in [2.75, 3.05) is 20.6 Å². The van der Waals surface area contributed by atoms with Gasteiger partial charge in [0, 0.05) is 11.1 Å². The molecule has 1 rings (SSSR count). The van der Waals surface area contributed by atoms with Crippen LogP contribution in [0.5, 0.6) is 0 Å². The molecule has 0 spiro atoms. The third-order valence-electron chi connectivity index (χ3n) is 3.56. The van der Waals surface area contributed by atoms with E-state index < -0.39 is 0 Å². The lowest BCUT2D eigenvalue weighted by Crippen LogP contribution is -2.49. The zero-order valence-corrected chi connectivity index (χ0v) is 13.3. The Morgan fingerprint density at radius 3 is 2.50 bits per heavy atom. The minimum Gasteiger partial charge on any atom is -0.309 e. The molecule has 2 nitrogen and oxygen atoms in total. The second kappa shape index (κ2) is 6.13. The Balaban J connectivity index is 3.24. The Morgan fingerprint density at radius 1 is 1.39 bits per heavy atom. The number of nitrogens with one attached hydrogen (secondary N) is 1. The molecule has 4 heteroatoms. The average Bonchev–Trinajstić information content (AvgIpc) is 2.30. The van der Waals surface area contributed by atoms with Gasteiger partial charge in [-0.05, 0) is 56.5 Å². The van der Waals surface area contributed by atoms with Gasteiger partial charge < -0.3 is 10.2 Å². The van der Waals surface area contributed by atoms with E-state index >= 15 is 0 Å². The molecule has 0 saturated heterocycles. The topological polar surface area (TPSA) is 15.3 Å². The van der Waals surface area contributed by atoms with E-state index in [1.807, 2.05) is 33.2 Å². The molecule has 1 aromatic rings. The van der Waals surface area contributed by atoms with Crippen molar-refractivity contribution in [3.63, 3.8) is 0 Å². The van der Waals surface area contributed by atoms with Crippen LogP contribution in [0.2, 0.25) is 0 Å². The molecule has 0 fully saturated rings. The van der Waals surface area contributed by atoms with Crippen molar-refractivity contribution in [1.29, 1.82) is 0 Å². The zero-order valence-electron chi connectivity index (χ0n) is 11.7. The summed E-state index contributed by atoms with van der Waals surface area (Å²) < 4.78 is 14.8. The van der Waals surface area contributed by atoms with Gasteiger partial charge in [0.05, 0.1) is 10.5 Å². The fourth-order valence-electron chi connectivity index (χ4n) is 1.95. The molecule has 18 heavy (non-hydrogen) atoms. The SMILES string of the molecule is CCNC(c1cccc(Br)c1F)C(C)(C)N(C)C. The first-order valence-electron chi connectivity index (χ1n) is 6.17. The maximum atomic E-state index is 14.3. The van der Waals surface area contributed by atoms with Gasteiger partial charge in [-0.2, -0.15) is 0 Å². The largest absolute Gasteiger partial charge is 0.309 e. The Labute approximate surface area is 118 Å². The van der Waals surface area contributed by atoms with Crippen molar-refractivity contribution < 1.29 is 4.39 Å². The number of hydrogen-bond donors (Lipinski definition) is 1. The van der Waals surface area contributed by atoms with Crippen molar-refractivity contribution in [2.24, 2.45) is 0 Å². The molecule has 0 radical (unpaired) electrons. The highest BCUT2D eigenvalue weighted by Gasteiger charge is 2.34. The highest BCUT2D eigenvalue weighted by molar-refractivity contribution is 9.10. The van der Waals surface area contributed by atoms with Crippen LogP contribution in [0.25, 0.3) is 0 Å². The number of hydrogen-bond acceptors (Lipinski definition) is 2. The molecule has 1 N–H and O–H groups in total. The van der Waals surface area contributed by atoms with Crippen LogP contribution in [-0.2, 0) is 0 Å². The first-order chi connectivity index (χ1) is 8.32. The van der Waals surface area contributed by atoms with Crippen molar-refractivity contribution in [3.05, 3.63) is 34.1 Å². The summed E-state index contributed by atoms with van der Waals surface area (Å²) >= 11 is 3.25. The van der Waals surface area contributed by atoms with Crippen LogP contribution in [0.4, 0.5) is 4.39 Å². The van der Waals surface area contributed by atoms with Crippen LogP contribution in [0.15, 0.2) is 22.7 Å². The summed E-state index contributed by atoms with van der Waals surface area (Å²) in [5.74, 6) is -0.182. The Hall–Kier alpha value is -0.450. The van der Waals surface area contributed by atoms with Crippen molar-refractivity contribution >= 4 is 15.9 Å². The number of halogens is 2. The van der Waals surface area contributed by atoms with Gasteiger partial charge in [0.2, 0.25) is 0 Å². The second-order valence-electron chi connectivity index (χ2n) is 5.18. The molecule has 0 aromatic heterocycles. The molecule has 0 heterocycles. The van der Waals surface area contributed by atoms with E-state index in [1.165, 1.54) is 0 Å². The molecule has 1 aromatic carbocycles. The zero-order chi connectivity index (χ0) is 13.9. The summed E-state index contributed by atoms with van der Waals surface area (Å²) in [6.45, 7) is 7.06. The fourth-order valence-corrected chi connectivity index (χ4v) is 2.33.